The number of anilines is 1. The molecule has 1 aromatic carbocycles. The molecule has 138 valence electrons. The minimum Gasteiger partial charge on any atom is -0.469 e. The maximum atomic E-state index is 12.4. The molecule has 2 heterocycles. The Morgan fingerprint density at radius 1 is 1.15 bits per heavy atom. The molecule has 0 spiro atoms. The largest absolute Gasteiger partial charge is 0.469 e. The van der Waals surface area contributed by atoms with Gasteiger partial charge in [-0.25, -0.2) is 0 Å². The van der Waals surface area contributed by atoms with Crippen LogP contribution in [0.5, 0.6) is 0 Å². The maximum absolute atomic E-state index is 12.4. The van der Waals surface area contributed by atoms with Crippen LogP contribution in [0.1, 0.15) is 25.0 Å². The Hall–Kier alpha value is -2.27. The highest BCUT2D eigenvalue weighted by Gasteiger charge is 2.45. The van der Waals surface area contributed by atoms with Crippen molar-refractivity contribution >= 4 is 11.6 Å². The Morgan fingerprint density at radius 3 is 2.62 bits per heavy atom. The van der Waals surface area contributed by atoms with Crippen molar-refractivity contribution in [3.63, 3.8) is 0 Å². The summed E-state index contributed by atoms with van der Waals surface area (Å²) in [5, 5.41) is 3.14. The molecular weight excluding hydrogens is 326 g/mol. The lowest BCUT2D eigenvalue weighted by atomic mass is 10.2. The molecule has 2 aliphatic rings. The number of nitrogens with one attached hydrogen (secondary N) is 1. The summed E-state index contributed by atoms with van der Waals surface area (Å²) in [5.41, 5.74) is 1.30. The van der Waals surface area contributed by atoms with E-state index >= 15 is 0 Å². The van der Waals surface area contributed by atoms with Crippen LogP contribution in [0, 0.1) is 5.92 Å². The van der Waals surface area contributed by atoms with Crippen LogP contribution in [-0.2, 0) is 4.79 Å². The quantitative estimate of drug-likeness (QED) is 0.867. The number of amides is 1. The van der Waals surface area contributed by atoms with Gasteiger partial charge in [-0.15, -0.1) is 0 Å². The second-order valence-corrected chi connectivity index (χ2v) is 7.42. The lowest BCUT2D eigenvalue weighted by molar-refractivity contribution is -0.122. The highest BCUT2D eigenvalue weighted by Crippen LogP contribution is 2.47. The molecule has 1 saturated carbocycles. The molecule has 3 atom stereocenters. The zero-order valence-corrected chi connectivity index (χ0v) is 15.3. The minimum absolute atomic E-state index is 0.0864. The van der Waals surface area contributed by atoms with Gasteiger partial charge in [-0.2, -0.15) is 0 Å². The Balaban J connectivity index is 1.20. The number of carbonyl (C=O) groups excluding carboxylic acids is 1. The summed E-state index contributed by atoms with van der Waals surface area (Å²) in [4.78, 5) is 17.3. The molecule has 26 heavy (non-hydrogen) atoms. The SMILES string of the molecule is CC(CNC(=O)C1CC1c1ccco1)N1CCN(c2ccccc2)CC1. The van der Waals surface area contributed by atoms with E-state index in [1.54, 1.807) is 6.26 Å². The number of piperazine rings is 1. The minimum atomic E-state index is 0.0864. The first-order valence-electron chi connectivity index (χ1n) is 9.57. The first-order chi connectivity index (χ1) is 12.7. The molecule has 0 radical (unpaired) electrons. The van der Waals surface area contributed by atoms with Crippen molar-refractivity contribution in [3.8, 4) is 0 Å². The Kier molecular flexibility index (Phi) is 4.98. The average molecular weight is 353 g/mol. The molecule has 1 amide bonds. The summed E-state index contributed by atoms with van der Waals surface area (Å²) in [5.74, 6) is 1.47. The average Bonchev–Trinajstić information content (AvgIpc) is 3.31. The zero-order valence-electron chi connectivity index (χ0n) is 15.3. The van der Waals surface area contributed by atoms with Crippen molar-refractivity contribution in [1.82, 2.24) is 10.2 Å². The number of nitrogens with zero attached hydrogens (tertiary/aromatic N) is 2. The van der Waals surface area contributed by atoms with E-state index in [0.29, 0.717) is 12.6 Å². The molecule has 3 unspecified atom stereocenters. The Morgan fingerprint density at radius 2 is 1.92 bits per heavy atom. The topological polar surface area (TPSA) is 48.7 Å². The maximum Gasteiger partial charge on any atom is 0.223 e. The van der Waals surface area contributed by atoms with Gasteiger partial charge in [-0.1, -0.05) is 18.2 Å². The summed E-state index contributed by atoms with van der Waals surface area (Å²) >= 11 is 0. The number of hydrogen-bond donors (Lipinski definition) is 1. The molecule has 2 aromatic rings. The molecular formula is C21H27N3O2. The predicted molar refractivity (Wildman–Crippen MR) is 102 cm³/mol. The first-order valence-corrected chi connectivity index (χ1v) is 9.57. The molecule has 0 bridgehead atoms. The number of benzene rings is 1. The van der Waals surface area contributed by atoms with E-state index in [2.05, 4.69) is 52.4 Å². The molecule has 5 nitrogen and oxygen atoms in total. The van der Waals surface area contributed by atoms with Crippen LogP contribution in [0.4, 0.5) is 5.69 Å². The lowest BCUT2D eigenvalue weighted by Crippen LogP contribution is -2.52. The molecule has 2 fully saturated rings. The number of rotatable bonds is 6. The molecule has 4 rings (SSSR count). The fraction of sp³-hybridized carbons (Fsp3) is 0.476. The predicted octanol–water partition coefficient (Wildman–Crippen LogP) is 2.71. The highest BCUT2D eigenvalue weighted by atomic mass is 16.3. The molecule has 1 aliphatic carbocycles. The summed E-state index contributed by atoms with van der Waals surface area (Å²) in [6.45, 7) is 7.05. The molecule has 1 saturated heterocycles. The second kappa shape index (κ2) is 7.54. The summed E-state index contributed by atoms with van der Waals surface area (Å²) in [6.07, 6.45) is 2.59. The first kappa shape index (κ1) is 17.2. The van der Waals surface area contributed by atoms with Crippen LogP contribution in [0.15, 0.2) is 53.1 Å². The Labute approximate surface area is 155 Å². The number of para-hydroxylation sites is 1. The molecule has 5 heteroatoms. The van der Waals surface area contributed by atoms with Crippen LogP contribution in [-0.4, -0.2) is 49.6 Å². The van der Waals surface area contributed by atoms with Crippen molar-refractivity contribution in [2.45, 2.75) is 25.3 Å². The third-order valence-corrected chi connectivity index (χ3v) is 5.67. The van der Waals surface area contributed by atoms with Crippen molar-refractivity contribution in [1.29, 1.82) is 0 Å². The highest BCUT2D eigenvalue weighted by molar-refractivity contribution is 5.82. The van der Waals surface area contributed by atoms with E-state index < -0.39 is 0 Å². The number of carbonyl (C=O) groups is 1. The fourth-order valence-corrected chi connectivity index (χ4v) is 3.87. The van der Waals surface area contributed by atoms with Crippen LogP contribution in [0.2, 0.25) is 0 Å². The van der Waals surface area contributed by atoms with E-state index in [1.165, 1.54) is 5.69 Å². The van der Waals surface area contributed by atoms with E-state index in [4.69, 9.17) is 4.42 Å². The smallest absolute Gasteiger partial charge is 0.223 e. The van der Waals surface area contributed by atoms with Crippen molar-refractivity contribution in [3.05, 3.63) is 54.5 Å². The van der Waals surface area contributed by atoms with E-state index in [1.807, 2.05) is 12.1 Å². The third-order valence-electron chi connectivity index (χ3n) is 5.67. The van der Waals surface area contributed by atoms with Crippen LogP contribution >= 0.6 is 0 Å². The molecule has 1 aromatic heterocycles. The van der Waals surface area contributed by atoms with Gasteiger partial charge in [0.05, 0.1) is 6.26 Å². The zero-order chi connectivity index (χ0) is 17.9. The normalized spacial score (nSPS) is 24.3. The molecule has 1 N–H and O–H groups in total. The van der Waals surface area contributed by atoms with Gasteiger partial charge >= 0.3 is 0 Å². The summed E-state index contributed by atoms with van der Waals surface area (Å²) in [7, 11) is 0. The molecule has 1 aliphatic heterocycles. The monoisotopic (exact) mass is 353 g/mol. The van der Waals surface area contributed by atoms with Gasteiger partial charge in [0, 0.05) is 56.3 Å². The number of furan rings is 1. The summed E-state index contributed by atoms with van der Waals surface area (Å²) < 4.78 is 5.41. The van der Waals surface area contributed by atoms with Crippen molar-refractivity contribution in [2.75, 3.05) is 37.6 Å². The lowest BCUT2D eigenvalue weighted by Gasteiger charge is -2.39. The summed E-state index contributed by atoms with van der Waals surface area (Å²) in [6, 6.07) is 14.8. The van der Waals surface area contributed by atoms with Gasteiger partial charge in [-0.3, -0.25) is 9.69 Å². The van der Waals surface area contributed by atoms with E-state index in [9.17, 15) is 4.79 Å². The second-order valence-electron chi connectivity index (χ2n) is 7.42. The van der Waals surface area contributed by atoms with E-state index in [0.717, 1.165) is 38.4 Å². The van der Waals surface area contributed by atoms with Gasteiger partial charge in [0.1, 0.15) is 5.76 Å². The van der Waals surface area contributed by atoms with Crippen molar-refractivity contribution < 1.29 is 9.21 Å². The van der Waals surface area contributed by atoms with Crippen molar-refractivity contribution in [2.24, 2.45) is 5.92 Å². The van der Waals surface area contributed by atoms with Gasteiger partial charge < -0.3 is 14.6 Å². The van der Waals surface area contributed by atoms with Gasteiger partial charge in [0.15, 0.2) is 0 Å². The van der Waals surface area contributed by atoms with Crippen LogP contribution in [0.25, 0.3) is 0 Å². The van der Waals surface area contributed by atoms with Gasteiger partial charge in [0.25, 0.3) is 0 Å². The number of hydrogen-bond acceptors (Lipinski definition) is 4. The van der Waals surface area contributed by atoms with E-state index in [-0.39, 0.29) is 17.7 Å². The van der Waals surface area contributed by atoms with Crippen LogP contribution < -0.4 is 10.2 Å². The fourth-order valence-electron chi connectivity index (χ4n) is 3.87. The third kappa shape index (κ3) is 3.78. The van der Waals surface area contributed by atoms with Crippen LogP contribution in [0.3, 0.4) is 0 Å². The standard InChI is InChI=1S/C21H27N3O2/c1-16(15-22-21(25)19-14-18(19)20-8-5-13-26-20)23-9-11-24(12-10-23)17-6-3-2-4-7-17/h2-8,13,16,18-19H,9-12,14-15H2,1H3,(H,22,25). The van der Waals surface area contributed by atoms with Gasteiger partial charge in [0.2, 0.25) is 5.91 Å². The van der Waals surface area contributed by atoms with Gasteiger partial charge in [-0.05, 0) is 37.6 Å². The Bertz CT molecular complexity index is 708.